The zero-order valence-electron chi connectivity index (χ0n) is 16.3. The minimum Gasteiger partial charge on any atom is -0.267 e. The first-order valence-corrected chi connectivity index (χ1v) is 8.49. The van der Waals surface area contributed by atoms with Crippen molar-refractivity contribution in [2.24, 2.45) is 5.10 Å². The van der Waals surface area contributed by atoms with E-state index in [9.17, 15) is 29.8 Å². The number of nitro groups is 2. The molecule has 0 saturated carbocycles. The SMILES string of the molecule is Cc1cc(C)c(C=NNC(=O)NNC(=O)c2cc([N+](=O)[O-])cc([N+](=O)[O-])c2)c(C)c1. The third kappa shape index (κ3) is 5.58. The van der Waals surface area contributed by atoms with Gasteiger partial charge in [0.25, 0.3) is 17.3 Å². The Morgan fingerprint density at radius 3 is 1.93 bits per heavy atom. The topological polar surface area (TPSA) is 169 Å². The summed E-state index contributed by atoms with van der Waals surface area (Å²) in [5.74, 6) is -0.980. The number of hydrazone groups is 1. The summed E-state index contributed by atoms with van der Waals surface area (Å²) in [6, 6.07) is 5.47. The quantitative estimate of drug-likeness (QED) is 0.385. The fraction of sp³-hybridized carbons (Fsp3) is 0.167. The second kappa shape index (κ2) is 9.23. The van der Waals surface area contributed by atoms with Crippen LogP contribution in [0.4, 0.5) is 16.2 Å². The number of nitrogens with one attached hydrogen (secondary N) is 3. The van der Waals surface area contributed by atoms with Crippen molar-refractivity contribution in [3.8, 4) is 0 Å². The van der Waals surface area contributed by atoms with E-state index in [0.29, 0.717) is 0 Å². The Labute approximate surface area is 170 Å². The summed E-state index contributed by atoms with van der Waals surface area (Å²) in [6.45, 7) is 5.77. The Kier molecular flexibility index (Phi) is 6.75. The summed E-state index contributed by atoms with van der Waals surface area (Å²) in [5.41, 5.74) is 8.37. The van der Waals surface area contributed by atoms with Gasteiger partial charge in [-0.1, -0.05) is 17.7 Å². The second-order valence-corrected chi connectivity index (χ2v) is 6.34. The molecule has 2 rings (SSSR count). The maximum atomic E-state index is 12.1. The van der Waals surface area contributed by atoms with E-state index in [1.54, 1.807) is 0 Å². The second-order valence-electron chi connectivity index (χ2n) is 6.34. The Bertz CT molecular complexity index is 1010. The van der Waals surface area contributed by atoms with Gasteiger partial charge in [0, 0.05) is 17.7 Å². The van der Waals surface area contributed by atoms with Crippen LogP contribution >= 0.6 is 0 Å². The summed E-state index contributed by atoms with van der Waals surface area (Å²) < 4.78 is 0. The normalized spacial score (nSPS) is 10.5. The number of non-ortho nitro benzene ring substituents is 2. The van der Waals surface area contributed by atoms with E-state index in [0.717, 1.165) is 40.5 Å². The molecule has 156 valence electrons. The Balaban J connectivity index is 2.01. The molecule has 2 aromatic carbocycles. The van der Waals surface area contributed by atoms with E-state index in [1.165, 1.54) is 6.21 Å². The molecule has 12 nitrogen and oxygen atoms in total. The first-order valence-electron chi connectivity index (χ1n) is 8.49. The Morgan fingerprint density at radius 2 is 1.43 bits per heavy atom. The molecule has 0 aliphatic carbocycles. The number of nitro benzene ring substituents is 2. The highest BCUT2D eigenvalue weighted by Gasteiger charge is 2.20. The van der Waals surface area contributed by atoms with Crippen LogP contribution in [0.5, 0.6) is 0 Å². The number of amides is 3. The Hall–Kier alpha value is -4.35. The van der Waals surface area contributed by atoms with Crippen LogP contribution in [-0.2, 0) is 0 Å². The number of hydrogen-bond donors (Lipinski definition) is 3. The van der Waals surface area contributed by atoms with Gasteiger partial charge in [-0.15, -0.1) is 0 Å². The lowest BCUT2D eigenvalue weighted by atomic mass is 10.0. The molecule has 0 unspecified atom stereocenters. The van der Waals surface area contributed by atoms with E-state index >= 15 is 0 Å². The number of nitrogens with zero attached hydrogens (tertiary/aromatic N) is 3. The van der Waals surface area contributed by atoms with E-state index in [-0.39, 0.29) is 5.56 Å². The van der Waals surface area contributed by atoms with E-state index in [2.05, 4.69) is 10.5 Å². The van der Waals surface area contributed by atoms with Gasteiger partial charge in [0.2, 0.25) is 0 Å². The average molecular weight is 414 g/mol. The van der Waals surface area contributed by atoms with Gasteiger partial charge in [-0.3, -0.25) is 30.4 Å². The molecule has 0 radical (unpaired) electrons. The number of aryl methyl sites for hydroxylation is 3. The summed E-state index contributed by atoms with van der Waals surface area (Å²) in [6.07, 6.45) is 1.45. The summed E-state index contributed by atoms with van der Waals surface area (Å²) in [7, 11) is 0. The van der Waals surface area contributed by atoms with Crippen LogP contribution in [0.25, 0.3) is 0 Å². The van der Waals surface area contributed by atoms with Crippen molar-refractivity contribution >= 4 is 29.5 Å². The fourth-order valence-corrected chi connectivity index (χ4v) is 2.70. The molecular formula is C18H18N6O6. The highest BCUT2D eigenvalue weighted by atomic mass is 16.6. The summed E-state index contributed by atoms with van der Waals surface area (Å²) in [5, 5.41) is 25.5. The number of urea groups is 1. The van der Waals surface area contributed by atoms with Gasteiger partial charge in [-0.05, 0) is 31.9 Å². The van der Waals surface area contributed by atoms with Crippen molar-refractivity contribution in [2.45, 2.75) is 20.8 Å². The molecule has 2 aromatic rings. The van der Waals surface area contributed by atoms with Gasteiger partial charge in [0.1, 0.15) is 0 Å². The molecule has 0 spiro atoms. The zero-order valence-corrected chi connectivity index (χ0v) is 16.3. The number of hydrazine groups is 1. The predicted octanol–water partition coefficient (Wildman–Crippen LogP) is 2.41. The predicted molar refractivity (Wildman–Crippen MR) is 107 cm³/mol. The molecule has 30 heavy (non-hydrogen) atoms. The van der Waals surface area contributed by atoms with Crippen LogP contribution in [0.1, 0.15) is 32.6 Å². The number of carbonyl (C=O) groups excluding carboxylic acids is 2. The van der Waals surface area contributed by atoms with Crippen LogP contribution < -0.4 is 16.3 Å². The molecule has 0 saturated heterocycles. The molecule has 0 aromatic heterocycles. The lowest BCUT2D eigenvalue weighted by Gasteiger charge is -2.08. The highest BCUT2D eigenvalue weighted by molar-refractivity contribution is 5.96. The van der Waals surface area contributed by atoms with Crippen LogP contribution in [0, 0.1) is 41.0 Å². The van der Waals surface area contributed by atoms with Crippen LogP contribution in [0.3, 0.4) is 0 Å². The third-order valence-electron chi connectivity index (χ3n) is 3.97. The first kappa shape index (κ1) is 21.9. The van der Waals surface area contributed by atoms with Gasteiger partial charge in [0.05, 0.1) is 27.7 Å². The molecule has 0 bridgehead atoms. The van der Waals surface area contributed by atoms with Crippen LogP contribution in [0.2, 0.25) is 0 Å². The first-order chi connectivity index (χ1) is 14.1. The summed E-state index contributed by atoms with van der Waals surface area (Å²) in [4.78, 5) is 43.9. The van der Waals surface area contributed by atoms with Gasteiger partial charge in [-0.2, -0.15) is 5.10 Å². The fourth-order valence-electron chi connectivity index (χ4n) is 2.70. The highest BCUT2D eigenvalue weighted by Crippen LogP contribution is 2.22. The van der Waals surface area contributed by atoms with Gasteiger partial charge >= 0.3 is 6.03 Å². The Morgan fingerprint density at radius 1 is 0.900 bits per heavy atom. The van der Waals surface area contributed by atoms with E-state index in [4.69, 9.17) is 0 Å². The van der Waals surface area contributed by atoms with Gasteiger partial charge in [0.15, 0.2) is 0 Å². The van der Waals surface area contributed by atoms with E-state index < -0.39 is 33.2 Å². The average Bonchev–Trinajstić information content (AvgIpc) is 2.67. The molecule has 3 N–H and O–H groups in total. The van der Waals surface area contributed by atoms with Crippen molar-refractivity contribution < 1.29 is 19.4 Å². The number of carbonyl (C=O) groups is 2. The monoisotopic (exact) mass is 414 g/mol. The lowest BCUT2D eigenvalue weighted by molar-refractivity contribution is -0.394. The van der Waals surface area contributed by atoms with Crippen LogP contribution in [-0.4, -0.2) is 28.0 Å². The lowest BCUT2D eigenvalue weighted by Crippen LogP contribution is -2.45. The molecular weight excluding hydrogens is 396 g/mol. The number of rotatable bonds is 5. The van der Waals surface area contributed by atoms with Gasteiger partial charge in [-0.25, -0.2) is 15.6 Å². The molecule has 0 heterocycles. The summed E-state index contributed by atoms with van der Waals surface area (Å²) >= 11 is 0. The zero-order chi connectivity index (χ0) is 22.4. The largest absolute Gasteiger partial charge is 0.353 e. The minimum absolute atomic E-state index is 0.370. The third-order valence-corrected chi connectivity index (χ3v) is 3.97. The van der Waals surface area contributed by atoms with Crippen molar-refractivity contribution in [1.82, 2.24) is 16.3 Å². The maximum absolute atomic E-state index is 12.1. The standard InChI is InChI=1S/C18H18N6O6/c1-10-4-11(2)16(12(3)5-10)9-19-21-18(26)22-20-17(25)13-6-14(23(27)28)8-15(7-13)24(29)30/h4-9H,1-3H3,(H,20,25)(H2,21,22,26). The molecule has 0 aliphatic rings. The molecule has 0 aliphatic heterocycles. The van der Waals surface area contributed by atoms with Crippen molar-refractivity contribution in [1.29, 1.82) is 0 Å². The van der Waals surface area contributed by atoms with E-state index in [1.807, 2.05) is 43.8 Å². The molecule has 0 atom stereocenters. The van der Waals surface area contributed by atoms with Crippen molar-refractivity contribution in [3.05, 3.63) is 78.4 Å². The molecule has 3 amide bonds. The minimum atomic E-state index is -0.980. The number of hydrogen-bond acceptors (Lipinski definition) is 7. The maximum Gasteiger partial charge on any atom is 0.353 e. The number of benzene rings is 2. The molecule has 0 fully saturated rings. The van der Waals surface area contributed by atoms with Crippen LogP contribution in [0.15, 0.2) is 35.4 Å². The smallest absolute Gasteiger partial charge is 0.267 e. The van der Waals surface area contributed by atoms with Crippen molar-refractivity contribution in [3.63, 3.8) is 0 Å². The van der Waals surface area contributed by atoms with Gasteiger partial charge < -0.3 is 0 Å². The van der Waals surface area contributed by atoms with Crippen molar-refractivity contribution in [2.75, 3.05) is 0 Å². The molecule has 12 heteroatoms.